The van der Waals surface area contributed by atoms with Crippen molar-refractivity contribution in [3.8, 4) is 0 Å². The highest BCUT2D eigenvalue weighted by Gasteiger charge is 2.15. The van der Waals surface area contributed by atoms with Crippen LogP contribution < -0.4 is 5.73 Å². The van der Waals surface area contributed by atoms with E-state index in [1.807, 2.05) is 29.6 Å². The monoisotopic (exact) mass is 270 g/mol. The van der Waals surface area contributed by atoms with Crippen LogP contribution in [0.5, 0.6) is 0 Å². The average Bonchev–Trinajstić information content (AvgIpc) is 2.80. The second kappa shape index (κ2) is 5.68. The molecule has 2 rings (SSSR count). The van der Waals surface area contributed by atoms with E-state index in [0.717, 1.165) is 14.9 Å². The van der Waals surface area contributed by atoms with Gasteiger partial charge in [0, 0.05) is 23.1 Å². The van der Waals surface area contributed by atoms with Crippen LogP contribution in [-0.2, 0) is 0 Å². The minimum atomic E-state index is 0.167. The first-order valence-corrected chi connectivity index (χ1v) is 6.95. The Hall–Kier alpha value is -0.550. The Morgan fingerprint density at radius 1 is 1.44 bits per heavy atom. The van der Waals surface area contributed by atoms with Crippen LogP contribution in [0.1, 0.15) is 10.8 Å². The van der Waals surface area contributed by atoms with Crippen LogP contribution in [0.4, 0.5) is 0 Å². The summed E-state index contributed by atoms with van der Waals surface area (Å²) in [5.41, 5.74) is 6.86. The van der Waals surface area contributed by atoms with Gasteiger partial charge in [0.2, 0.25) is 0 Å². The van der Waals surface area contributed by atoms with E-state index in [0.29, 0.717) is 6.54 Å². The van der Waals surface area contributed by atoms with Crippen LogP contribution >= 0.6 is 34.7 Å². The fourth-order valence-corrected chi connectivity index (χ4v) is 3.59. The number of hydrogen-bond donors (Lipinski definition) is 1. The van der Waals surface area contributed by atoms with Gasteiger partial charge in [-0.1, -0.05) is 41.6 Å². The molecule has 0 aliphatic carbocycles. The summed E-state index contributed by atoms with van der Waals surface area (Å²) >= 11 is 9.43. The van der Waals surface area contributed by atoms with Crippen molar-refractivity contribution in [2.45, 2.75) is 9.59 Å². The first-order valence-electron chi connectivity index (χ1n) is 4.82. The molecule has 5 heteroatoms. The number of thiazole rings is 1. The summed E-state index contributed by atoms with van der Waals surface area (Å²) < 4.78 is 1.02. The molecule has 1 atom stereocenters. The van der Waals surface area contributed by atoms with Gasteiger partial charge in [0.05, 0.1) is 5.25 Å². The van der Waals surface area contributed by atoms with E-state index in [2.05, 4.69) is 4.98 Å². The van der Waals surface area contributed by atoms with Crippen molar-refractivity contribution in [2.75, 3.05) is 6.54 Å². The summed E-state index contributed by atoms with van der Waals surface area (Å²) in [6.45, 7) is 0.550. The Kier molecular flexibility index (Phi) is 4.23. The second-order valence-corrected chi connectivity index (χ2v) is 5.91. The van der Waals surface area contributed by atoms with Gasteiger partial charge in [-0.2, -0.15) is 0 Å². The molecule has 0 aliphatic rings. The largest absolute Gasteiger partial charge is 0.329 e. The Morgan fingerprint density at radius 3 is 2.88 bits per heavy atom. The third-order valence-electron chi connectivity index (χ3n) is 2.12. The van der Waals surface area contributed by atoms with Crippen LogP contribution in [0, 0.1) is 0 Å². The van der Waals surface area contributed by atoms with Crippen molar-refractivity contribution in [3.63, 3.8) is 0 Å². The van der Waals surface area contributed by atoms with Crippen LogP contribution in [-0.4, -0.2) is 11.5 Å². The normalized spacial score (nSPS) is 12.6. The number of thioether (sulfide) groups is 1. The maximum Gasteiger partial charge on any atom is 0.150 e. The van der Waals surface area contributed by atoms with Gasteiger partial charge in [0.25, 0.3) is 0 Å². The number of halogens is 1. The van der Waals surface area contributed by atoms with Gasteiger partial charge >= 0.3 is 0 Å². The number of benzene rings is 1. The molecule has 0 saturated heterocycles. The zero-order valence-electron chi connectivity index (χ0n) is 8.47. The maximum atomic E-state index is 6.15. The molecule has 0 aliphatic heterocycles. The van der Waals surface area contributed by atoms with E-state index >= 15 is 0 Å². The molecule has 16 heavy (non-hydrogen) atoms. The summed E-state index contributed by atoms with van der Waals surface area (Å²) in [6, 6.07) is 7.81. The molecule has 0 saturated carbocycles. The van der Waals surface area contributed by atoms with Gasteiger partial charge in [-0.05, 0) is 11.6 Å². The van der Waals surface area contributed by atoms with Gasteiger partial charge in [0.1, 0.15) is 4.34 Å². The Morgan fingerprint density at radius 2 is 2.25 bits per heavy atom. The third kappa shape index (κ3) is 2.77. The van der Waals surface area contributed by atoms with E-state index in [1.54, 1.807) is 29.3 Å². The minimum absolute atomic E-state index is 0.167. The molecule has 0 spiro atoms. The number of nitrogens with two attached hydrogens (primary N) is 1. The quantitative estimate of drug-likeness (QED) is 0.863. The van der Waals surface area contributed by atoms with Crippen molar-refractivity contribution in [2.24, 2.45) is 5.73 Å². The van der Waals surface area contributed by atoms with Crippen LogP contribution in [0.15, 0.2) is 40.2 Å². The molecule has 2 aromatic rings. The van der Waals surface area contributed by atoms with Crippen molar-refractivity contribution in [1.29, 1.82) is 0 Å². The molecule has 0 amide bonds. The predicted molar refractivity (Wildman–Crippen MR) is 71.2 cm³/mol. The molecule has 84 valence electrons. The first-order chi connectivity index (χ1) is 7.81. The van der Waals surface area contributed by atoms with E-state index in [1.165, 1.54) is 0 Å². The topological polar surface area (TPSA) is 38.9 Å². The molecule has 0 bridgehead atoms. The lowest BCUT2D eigenvalue weighted by atomic mass is 10.1. The van der Waals surface area contributed by atoms with Gasteiger partial charge in [0.15, 0.2) is 0 Å². The highest BCUT2D eigenvalue weighted by Crippen LogP contribution is 2.38. The number of nitrogens with zero attached hydrogens (tertiary/aromatic N) is 1. The van der Waals surface area contributed by atoms with Crippen LogP contribution in [0.25, 0.3) is 0 Å². The Labute approximate surface area is 108 Å². The molecular weight excluding hydrogens is 260 g/mol. The Bertz CT molecular complexity index is 445. The standard InChI is InChI=1S/C11H11ClN2S2/c12-9-4-2-1-3-8(9)10(7-13)16-11-14-5-6-15-11/h1-6,10H,7,13H2. The second-order valence-electron chi connectivity index (χ2n) is 3.16. The van der Waals surface area contributed by atoms with E-state index in [4.69, 9.17) is 17.3 Å². The number of rotatable bonds is 4. The zero-order chi connectivity index (χ0) is 11.4. The third-order valence-corrected chi connectivity index (χ3v) is 4.64. The summed E-state index contributed by atoms with van der Waals surface area (Å²) in [6.07, 6.45) is 1.80. The molecule has 0 radical (unpaired) electrons. The first kappa shape index (κ1) is 11.9. The highest BCUT2D eigenvalue weighted by atomic mass is 35.5. The predicted octanol–water partition coefficient (Wildman–Crippen LogP) is 3.59. The molecule has 2 nitrogen and oxygen atoms in total. The lowest BCUT2D eigenvalue weighted by molar-refractivity contribution is 0.939. The number of aromatic nitrogens is 1. The van der Waals surface area contributed by atoms with E-state index in [9.17, 15) is 0 Å². The lowest BCUT2D eigenvalue weighted by Gasteiger charge is -2.14. The van der Waals surface area contributed by atoms with Crippen molar-refractivity contribution in [3.05, 3.63) is 46.4 Å². The molecule has 1 aromatic carbocycles. The van der Waals surface area contributed by atoms with Crippen LogP contribution in [0.2, 0.25) is 5.02 Å². The van der Waals surface area contributed by atoms with Crippen molar-refractivity contribution >= 4 is 34.7 Å². The summed E-state index contributed by atoms with van der Waals surface area (Å²) in [5.74, 6) is 0. The lowest BCUT2D eigenvalue weighted by Crippen LogP contribution is -2.09. The molecule has 1 heterocycles. The molecular formula is C11H11ClN2S2. The van der Waals surface area contributed by atoms with Crippen molar-refractivity contribution < 1.29 is 0 Å². The Balaban J connectivity index is 2.20. The van der Waals surface area contributed by atoms with Crippen LogP contribution in [0.3, 0.4) is 0 Å². The smallest absolute Gasteiger partial charge is 0.150 e. The summed E-state index contributed by atoms with van der Waals surface area (Å²) in [5, 5.41) is 2.89. The number of hydrogen-bond acceptors (Lipinski definition) is 4. The maximum absolute atomic E-state index is 6.15. The van der Waals surface area contributed by atoms with E-state index < -0.39 is 0 Å². The summed E-state index contributed by atoms with van der Waals surface area (Å²) in [4.78, 5) is 4.24. The fraction of sp³-hybridized carbons (Fsp3) is 0.182. The van der Waals surface area contributed by atoms with Gasteiger partial charge in [-0.25, -0.2) is 4.98 Å². The summed E-state index contributed by atoms with van der Waals surface area (Å²) in [7, 11) is 0. The van der Waals surface area contributed by atoms with Crippen molar-refractivity contribution in [1.82, 2.24) is 4.98 Å². The SMILES string of the molecule is NCC(Sc1nccs1)c1ccccc1Cl. The molecule has 1 aromatic heterocycles. The molecule has 2 N–H and O–H groups in total. The van der Waals surface area contributed by atoms with Gasteiger partial charge in [-0.3, -0.25) is 0 Å². The molecule has 1 unspecified atom stereocenters. The fourth-order valence-electron chi connectivity index (χ4n) is 1.37. The average molecular weight is 271 g/mol. The van der Waals surface area contributed by atoms with Gasteiger partial charge < -0.3 is 5.73 Å². The molecule has 0 fully saturated rings. The van der Waals surface area contributed by atoms with E-state index in [-0.39, 0.29) is 5.25 Å². The zero-order valence-corrected chi connectivity index (χ0v) is 10.9. The minimum Gasteiger partial charge on any atom is -0.329 e. The highest BCUT2D eigenvalue weighted by molar-refractivity contribution is 8.01. The van der Waals surface area contributed by atoms with Gasteiger partial charge in [-0.15, -0.1) is 11.3 Å².